The topological polar surface area (TPSA) is 50.4 Å². The van der Waals surface area contributed by atoms with E-state index in [4.69, 9.17) is 0 Å². The molecule has 0 spiro atoms. The molecule has 0 heterocycles. The summed E-state index contributed by atoms with van der Waals surface area (Å²) in [6.45, 7) is -0.720. The summed E-state index contributed by atoms with van der Waals surface area (Å²) in [5.74, 6) is -0.0448. The summed E-state index contributed by atoms with van der Waals surface area (Å²) < 4.78 is 29.6. The molecule has 2 aromatic rings. The fourth-order valence-corrected chi connectivity index (χ4v) is 3.37. The van der Waals surface area contributed by atoms with Crippen molar-refractivity contribution in [1.29, 1.82) is 0 Å². The SMILES string of the molecule is Cc1cccc(OC(F)F)c1NC(=O)NCC1(c2ccccc2)CCC1. The van der Waals surface area contributed by atoms with Crippen LogP contribution >= 0.6 is 0 Å². The molecule has 2 amide bonds. The third-order valence-electron chi connectivity index (χ3n) is 4.97. The molecule has 0 radical (unpaired) electrons. The number of amides is 2. The van der Waals surface area contributed by atoms with Crippen LogP contribution in [-0.4, -0.2) is 19.2 Å². The molecule has 2 N–H and O–H groups in total. The lowest BCUT2D eigenvalue weighted by atomic mass is 9.64. The lowest BCUT2D eigenvalue weighted by molar-refractivity contribution is -0.0493. The molecule has 4 nitrogen and oxygen atoms in total. The zero-order valence-corrected chi connectivity index (χ0v) is 14.6. The molecule has 1 saturated carbocycles. The Balaban J connectivity index is 1.66. The standard InChI is InChI=1S/C20H22F2N2O2/c1-14-7-5-10-16(26-18(21)22)17(14)24-19(25)23-13-20(11-6-12-20)15-8-3-2-4-9-15/h2-5,7-10,18H,6,11-13H2,1H3,(H2,23,24,25). The summed E-state index contributed by atoms with van der Waals surface area (Å²) in [6.07, 6.45) is 3.16. The molecule has 0 aliphatic heterocycles. The van der Waals surface area contributed by atoms with Crippen LogP contribution in [0.5, 0.6) is 5.75 Å². The number of halogens is 2. The summed E-state index contributed by atoms with van der Waals surface area (Å²) in [7, 11) is 0. The third kappa shape index (κ3) is 3.95. The van der Waals surface area contributed by atoms with E-state index in [0.29, 0.717) is 12.1 Å². The van der Waals surface area contributed by atoms with Crippen LogP contribution in [0.4, 0.5) is 19.3 Å². The lowest BCUT2D eigenvalue weighted by Gasteiger charge is -2.42. The van der Waals surface area contributed by atoms with Gasteiger partial charge < -0.3 is 15.4 Å². The third-order valence-corrected chi connectivity index (χ3v) is 4.97. The molecule has 138 valence electrons. The van der Waals surface area contributed by atoms with Crippen LogP contribution in [0.25, 0.3) is 0 Å². The number of carbonyl (C=O) groups is 1. The first kappa shape index (κ1) is 18.2. The van der Waals surface area contributed by atoms with Crippen molar-refractivity contribution in [3.05, 3.63) is 59.7 Å². The monoisotopic (exact) mass is 360 g/mol. The Hall–Kier alpha value is -2.63. The Morgan fingerprint density at radius 1 is 1.15 bits per heavy atom. The van der Waals surface area contributed by atoms with Gasteiger partial charge in [0, 0.05) is 12.0 Å². The molecule has 1 aliphatic rings. The summed E-state index contributed by atoms with van der Waals surface area (Å²) in [6, 6.07) is 14.4. The largest absolute Gasteiger partial charge is 0.433 e. The van der Waals surface area contributed by atoms with Crippen molar-refractivity contribution in [2.45, 2.75) is 38.2 Å². The number of nitrogens with one attached hydrogen (secondary N) is 2. The van der Waals surface area contributed by atoms with E-state index in [2.05, 4.69) is 27.5 Å². The van der Waals surface area contributed by atoms with E-state index < -0.39 is 12.6 Å². The fraction of sp³-hybridized carbons (Fsp3) is 0.350. The number of anilines is 1. The second-order valence-electron chi connectivity index (χ2n) is 6.63. The summed E-state index contributed by atoms with van der Waals surface area (Å²) in [4.78, 5) is 12.4. The molecule has 26 heavy (non-hydrogen) atoms. The summed E-state index contributed by atoms with van der Waals surface area (Å²) >= 11 is 0. The Bertz CT molecular complexity index is 762. The minimum absolute atomic E-state index is 0.0448. The van der Waals surface area contributed by atoms with Gasteiger partial charge in [-0.3, -0.25) is 0 Å². The van der Waals surface area contributed by atoms with Crippen LogP contribution in [-0.2, 0) is 5.41 Å². The zero-order valence-electron chi connectivity index (χ0n) is 14.6. The maximum Gasteiger partial charge on any atom is 0.387 e. The van der Waals surface area contributed by atoms with E-state index in [1.807, 2.05) is 18.2 Å². The van der Waals surface area contributed by atoms with Gasteiger partial charge in [-0.15, -0.1) is 0 Å². The molecule has 6 heteroatoms. The van der Waals surface area contributed by atoms with E-state index in [1.165, 1.54) is 11.6 Å². The van der Waals surface area contributed by atoms with E-state index in [9.17, 15) is 13.6 Å². The minimum atomic E-state index is -2.95. The number of para-hydroxylation sites is 1. The normalized spacial score (nSPS) is 15.2. The van der Waals surface area contributed by atoms with Gasteiger partial charge in [0.25, 0.3) is 0 Å². The number of urea groups is 1. The Morgan fingerprint density at radius 2 is 1.88 bits per heavy atom. The molecule has 1 fully saturated rings. The van der Waals surface area contributed by atoms with Crippen LogP contribution < -0.4 is 15.4 Å². The quantitative estimate of drug-likeness (QED) is 0.774. The average molecular weight is 360 g/mol. The average Bonchev–Trinajstić information content (AvgIpc) is 2.57. The molecule has 0 aromatic heterocycles. The highest BCUT2D eigenvalue weighted by Gasteiger charge is 2.38. The van der Waals surface area contributed by atoms with E-state index in [-0.39, 0.29) is 16.9 Å². The van der Waals surface area contributed by atoms with Crippen molar-refractivity contribution >= 4 is 11.7 Å². The molecule has 0 atom stereocenters. The van der Waals surface area contributed by atoms with Gasteiger partial charge in [-0.05, 0) is 37.0 Å². The minimum Gasteiger partial charge on any atom is -0.433 e. The van der Waals surface area contributed by atoms with Crippen molar-refractivity contribution in [3.63, 3.8) is 0 Å². The van der Waals surface area contributed by atoms with E-state index in [1.54, 1.807) is 19.1 Å². The van der Waals surface area contributed by atoms with E-state index in [0.717, 1.165) is 19.3 Å². The highest BCUT2D eigenvalue weighted by molar-refractivity contribution is 5.92. The van der Waals surface area contributed by atoms with Gasteiger partial charge in [-0.2, -0.15) is 8.78 Å². The Morgan fingerprint density at radius 3 is 2.50 bits per heavy atom. The first-order chi connectivity index (χ1) is 12.5. The number of hydrogen-bond acceptors (Lipinski definition) is 2. The van der Waals surface area contributed by atoms with Crippen LogP contribution in [0, 0.1) is 6.92 Å². The van der Waals surface area contributed by atoms with E-state index >= 15 is 0 Å². The predicted molar refractivity (Wildman–Crippen MR) is 96.8 cm³/mol. The molecule has 2 aromatic carbocycles. The lowest BCUT2D eigenvalue weighted by Crippen LogP contribution is -2.46. The highest BCUT2D eigenvalue weighted by Crippen LogP contribution is 2.43. The number of ether oxygens (including phenoxy) is 1. The molecule has 3 rings (SSSR count). The molecule has 0 unspecified atom stereocenters. The number of aryl methyl sites for hydroxylation is 1. The first-order valence-corrected chi connectivity index (χ1v) is 8.65. The maximum atomic E-state index is 12.6. The first-order valence-electron chi connectivity index (χ1n) is 8.65. The van der Waals surface area contributed by atoms with Gasteiger partial charge in [0.05, 0.1) is 5.69 Å². The molecular formula is C20H22F2N2O2. The Labute approximate surface area is 151 Å². The van der Waals surface area contributed by atoms with Crippen LogP contribution in [0.1, 0.15) is 30.4 Å². The van der Waals surface area contributed by atoms with Crippen LogP contribution in [0.3, 0.4) is 0 Å². The van der Waals surface area contributed by atoms with Crippen LogP contribution in [0.2, 0.25) is 0 Å². The van der Waals surface area contributed by atoms with Gasteiger partial charge in [0.15, 0.2) is 0 Å². The van der Waals surface area contributed by atoms with Crippen molar-refractivity contribution in [1.82, 2.24) is 5.32 Å². The summed E-state index contributed by atoms with van der Waals surface area (Å²) in [5.41, 5.74) is 2.07. The Kier molecular flexibility index (Phi) is 5.40. The number of alkyl halides is 2. The maximum absolute atomic E-state index is 12.6. The van der Waals surface area contributed by atoms with Crippen LogP contribution in [0.15, 0.2) is 48.5 Å². The van der Waals surface area contributed by atoms with Gasteiger partial charge in [0.1, 0.15) is 5.75 Å². The summed E-state index contributed by atoms with van der Waals surface area (Å²) in [5, 5.41) is 5.54. The molecular weight excluding hydrogens is 338 g/mol. The second-order valence-corrected chi connectivity index (χ2v) is 6.63. The zero-order chi connectivity index (χ0) is 18.6. The molecule has 0 saturated heterocycles. The second kappa shape index (κ2) is 7.72. The smallest absolute Gasteiger partial charge is 0.387 e. The van der Waals surface area contributed by atoms with Gasteiger partial charge in [-0.1, -0.05) is 48.9 Å². The highest BCUT2D eigenvalue weighted by atomic mass is 19.3. The number of carbonyl (C=O) groups excluding carboxylic acids is 1. The molecule has 1 aliphatic carbocycles. The fourth-order valence-electron chi connectivity index (χ4n) is 3.37. The van der Waals surface area contributed by atoms with Gasteiger partial charge in [-0.25, -0.2) is 4.79 Å². The van der Waals surface area contributed by atoms with Crippen molar-refractivity contribution in [2.24, 2.45) is 0 Å². The predicted octanol–water partition coefficient (Wildman–Crippen LogP) is 4.84. The molecule has 0 bridgehead atoms. The number of benzene rings is 2. The number of rotatable bonds is 6. The van der Waals surface area contributed by atoms with Crippen molar-refractivity contribution < 1.29 is 18.3 Å². The van der Waals surface area contributed by atoms with Crippen molar-refractivity contribution in [2.75, 3.05) is 11.9 Å². The van der Waals surface area contributed by atoms with Gasteiger partial charge in [0.2, 0.25) is 0 Å². The number of hydrogen-bond donors (Lipinski definition) is 2. The van der Waals surface area contributed by atoms with Gasteiger partial charge >= 0.3 is 12.6 Å². The van der Waals surface area contributed by atoms with Crippen molar-refractivity contribution in [3.8, 4) is 5.75 Å².